The van der Waals surface area contributed by atoms with E-state index in [0.29, 0.717) is 11.3 Å². The van der Waals surface area contributed by atoms with E-state index in [1.807, 2.05) is 66.9 Å². The summed E-state index contributed by atoms with van der Waals surface area (Å²) in [7, 11) is 0. The van der Waals surface area contributed by atoms with Gasteiger partial charge in [-0.1, -0.05) is 124 Å². The molecule has 0 radical (unpaired) electrons. The molecule has 0 aliphatic carbocycles. The zero-order valence-electron chi connectivity index (χ0n) is 30.1. The standard InChI is InChI=1S/C47H42N3O.Pt/c1-32-18-20-34(21-19-32)33(2)35-22-24-40(25-23-35)50(46-17-11-12-26-48-46)41-28-38(27-39(31-41)47(3,4)5)43-29-37(36-13-7-6-8-14-36)30-44(49-43)42-15-9-10-16-45(42)51;/h6-27,29-31,33,51H,1-5H3;/q-1;. The van der Waals surface area contributed by atoms with Crippen molar-refractivity contribution in [1.29, 1.82) is 0 Å². The molecule has 0 saturated carbocycles. The maximum absolute atomic E-state index is 10.9. The molecular weight excluding hydrogens is 818 g/mol. The summed E-state index contributed by atoms with van der Waals surface area (Å²) >= 11 is 0. The van der Waals surface area contributed by atoms with Gasteiger partial charge in [0.15, 0.2) is 0 Å². The van der Waals surface area contributed by atoms with E-state index in [4.69, 9.17) is 9.97 Å². The van der Waals surface area contributed by atoms with Gasteiger partial charge in [-0.3, -0.25) is 4.98 Å². The predicted octanol–water partition coefficient (Wildman–Crippen LogP) is 12.2. The number of aromatic hydroxyl groups is 1. The Balaban J connectivity index is 0.00000464. The first-order valence-electron chi connectivity index (χ1n) is 17.5. The smallest absolute Gasteiger partial charge is 0.136 e. The summed E-state index contributed by atoms with van der Waals surface area (Å²) in [4.78, 5) is 12.2. The fraction of sp³-hybridized carbons (Fsp3) is 0.149. The van der Waals surface area contributed by atoms with Crippen molar-refractivity contribution in [1.82, 2.24) is 9.97 Å². The molecule has 262 valence electrons. The van der Waals surface area contributed by atoms with Gasteiger partial charge >= 0.3 is 0 Å². The Labute approximate surface area is 322 Å². The molecule has 0 amide bonds. The van der Waals surface area contributed by atoms with Crippen molar-refractivity contribution in [2.75, 3.05) is 4.90 Å². The fourth-order valence-electron chi connectivity index (χ4n) is 6.38. The normalized spacial score (nSPS) is 11.8. The van der Waals surface area contributed by atoms with Gasteiger partial charge in [0.2, 0.25) is 0 Å². The zero-order valence-corrected chi connectivity index (χ0v) is 32.4. The van der Waals surface area contributed by atoms with Crippen molar-refractivity contribution < 1.29 is 26.2 Å². The van der Waals surface area contributed by atoms with Gasteiger partial charge in [0, 0.05) is 44.4 Å². The number of hydrogen-bond acceptors (Lipinski definition) is 4. The second-order valence-electron chi connectivity index (χ2n) is 14.2. The topological polar surface area (TPSA) is 49.2 Å². The number of pyridine rings is 2. The van der Waals surface area contributed by atoms with E-state index < -0.39 is 0 Å². The molecule has 52 heavy (non-hydrogen) atoms. The van der Waals surface area contributed by atoms with E-state index in [0.717, 1.165) is 45.1 Å². The van der Waals surface area contributed by atoms with Gasteiger partial charge in [-0.05, 0) is 88.4 Å². The molecular formula is C47H42N3OPt-. The van der Waals surface area contributed by atoms with Crippen molar-refractivity contribution >= 4 is 17.2 Å². The minimum atomic E-state index is -0.167. The second-order valence-corrected chi connectivity index (χ2v) is 14.2. The third-order valence-corrected chi connectivity index (χ3v) is 9.46. The number of aromatic nitrogens is 2. The van der Waals surface area contributed by atoms with Crippen LogP contribution in [-0.2, 0) is 26.5 Å². The summed E-state index contributed by atoms with van der Waals surface area (Å²) in [6.07, 6.45) is 1.83. The Morgan fingerprint density at radius 1 is 0.673 bits per heavy atom. The van der Waals surface area contributed by atoms with Crippen LogP contribution in [0.2, 0.25) is 0 Å². The van der Waals surface area contributed by atoms with Crippen molar-refractivity contribution in [2.45, 2.75) is 46.0 Å². The summed E-state index contributed by atoms with van der Waals surface area (Å²) in [6.45, 7) is 11.1. The van der Waals surface area contributed by atoms with E-state index in [-0.39, 0.29) is 38.1 Å². The number of rotatable bonds is 8. The second kappa shape index (κ2) is 15.5. The van der Waals surface area contributed by atoms with Gasteiger partial charge in [0.05, 0.1) is 5.69 Å². The van der Waals surface area contributed by atoms with Gasteiger partial charge < -0.3 is 10.0 Å². The van der Waals surface area contributed by atoms with Gasteiger partial charge in [-0.15, -0.1) is 29.3 Å². The van der Waals surface area contributed by atoms with Gasteiger partial charge in [-0.25, -0.2) is 4.98 Å². The summed E-state index contributed by atoms with van der Waals surface area (Å²) in [5, 5.41) is 10.9. The van der Waals surface area contributed by atoms with Gasteiger partial charge in [0.25, 0.3) is 0 Å². The Bertz CT molecular complexity index is 2260. The third-order valence-electron chi connectivity index (χ3n) is 9.46. The first-order chi connectivity index (χ1) is 24.6. The number of para-hydroxylation sites is 1. The zero-order chi connectivity index (χ0) is 35.5. The first kappa shape index (κ1) is 36.5. The van der Waals surface area contributed by atoms with E-state index in [1.165, 1.54) is 16.7 Å². The van der Waals surface area contributed by atoms with Crippen molar-refractivity contribution in [2.24, 2.45) is 0 Å². The number of nitrogens with zero attached hydrogens (tertiary/aromatic N) is 3. The summed E-state index contributed by atoms with van der Waals surface area (Å²) in [5.74, 6) is 1.24. The van der Waals surface area contributed by atoms with Crippen molar-refractivity contribution in [3.8, 4) is 39.4 Å². The Kier molecular flexibility index (Phi) is 10.9. The minimum Gasteiger partial charge on any atom is -0.507 e. The van der Waals surface area contributed by atoms with Crippen molar-refractivity contribution in [3.05, 3.63) is 180 Å². The molecule has 2 heterocycles. The maximum atomic E-state index is 10.9. The fourth-order valence-corrected chi connectivity index (χ4v) is 6.38. The Morgan fingerprint density at radius 3 is 1.96 bits per heavy atom. The summed E-state index contributed by atoms with van der Waals surface area (Å²) < 4.78 is 0. The van der Waals surface area contributed by atoms with Crippen LogP contribution in [0, 0.1) is 13.0 Å². The Hall–Kier alpha value is -5.31. The number of aryl methyl sites for hydroxylation is 1. The number of phenols is 1. The van der Waals surface area contributed by atoms with Crippen molar-refractivity contribution in [3.63, 3.8) is 0 Å². The third kappa shape index (κ3) is 7.93. The molecule has 5 aromatic carbocycles. The summed E-state index contributed by atoms with van der Waals surface area (Å²) in [6, 6.07) is 53.5. The molecule has 1 N–H and O–H groups in total. The monoisotopic (exact) mass is 859 g/mol. The van der Waals surface area contributed by atoms with E-state index in [1.54, 1.807) is 6.07 Å². The molecule has 1 unspecified atom stereocenters. The molecule has 0 spiro atoms. The van der Waals surface area contributed by atoms with E-state index in [2.05, 4.69) is 124 Å². The predicted molar refractivity (Wildman–Crippen MR) is 211 cm³/mol. The molecule has 4 nitrogen and oxygen atoms in total. The first-order valence-corrected chi connectivity index (χ1v) is 17.5. The molecule has 7 rings (SSSR count). The molecule has 0 aliphatic rings. The van der Waals surface area contributed by atoms with E-state index >= 15 is 0 Å². The molecule has 0 bridgehead atoms. The quantitative estimate of drug-likeness (QED) is 0.155. The Morgan fingerprint density at radius 2 is 1.31 bits per heavy atom. The largest absolute Gasteiger partial charge is 0.507 e. The average Bonchev–Trinajstić information content (AvgIpc) is 3.15. The van der Waals surface area contributed by atoms with Crippen LogP contribution in [0.25, 0.3) is 33.6 Å². The van der Waals surface area contributed by atoms with Crippen LogP contribution in [0.3, 0.4) is 0 Å². The molecule has 0 saturated heterocycles. The number of hydrogen-bond donors (Lipinski definition) is 1. The molecule has 0 fully saturated rings. The number of anilines is 3. The van der Waals surface area contributed by atoms with Crippen LogP contribution in [0.4, 0.5) is 17.2 Å². The maximum Gasteiger partial charge on any atom is 0.136 e. The molecule has 1 atom stereocenters. The molecule has 0 aliphatic heterocycles. The minimum absolute atomic E-state index is 0. The van der Waals surface area contributed by atoms with Crippen LogP contribution in [0.1, 0.15) is 55.9 Å². The van der Waals surface area contributed by atoms with E-state index in [9.17, 15) is 5.11 Å². The number of phenolic OH excluding ortho intramolecular Hbond substituents is 1. The SMILES string of the molecule is Cc1ccc(C(C)c2ccc(N(c3[c-]c(-c4cc(-c5ccccc5)cc(-c5ccccc5O)n4)cc(C(C)(C)C)c3)c3ccccn3)cc2)cc1.[Pt]. The van der Waals surface area contributed by atoms with Gasteiger partial charge in [-0.2, -0.15) is 0 Å². The number of benzene rings is 5. The molecule has 5 heteroatoms. The van der Waals surface area contributed by atoms with Gasteiger partial charge in [0.1, 0.15) is 11.6 Å². The van der Waals surface area contributed by atoms with Crippen LogP contribution in [0.5, 0.6) is 5.75 Å². The average molecular weight is 860 g/mol. The molecule has 2 aromatic heterocycles. The molecule has 7 aromatic rings. The van der Waals surface area contributed by atoms with Crippen LogP contribution in [-0.4, -0.2) is 15.1 Å². The summed E-state index contributed by atoms with van der Waals surface area (Å²) in [5.41, 5.74) is 11.7. The van der Waals surface area contributed by atoms with Crippen LogP contribution >= 0.6 is 0 Å². The van der Waals surface area contributed by atoms with Crippen LogP contribution in [0.15, 0.2) is 152 Å². The van der Waals surface area contributed by atoms with Crippen LogP contribution < -0.4 is 4.90 Å².